The summed E-state index contributed by atoms with van der Waals surface area (Å²) in [7, 11) is 0. The van der Waals surface area contributed by atoms with Crippen molar-refractivity contribution in [3.8, 4) is 0 Å². The van der Waals surface area contributed by atoms with Crippen LogP contribution < -0.4 is 5.32 Å². The summed E-state index contributed by atoms with van der Waals surface area (Å²) >= 11 is 0. The van der Waals surface area contributed by atoms with Crippen molar-refractivity contribution < 1.29 is 20.1 Å². The molecule has 0 amide bonds. The number of aliphatic hydroxyl groups is 2. The Morgan fingerprint density at radius 3 is 1.64 bits per heavy atom. The van der Waals surface area contributed by atoms with Crippen LogP contribution in [-0.2, 0) is 4.79 Å². The third-order valence-corrected chi connectivity index (χ3v) is 4.53. The number of carboxylic acids is 1. The largest absolute Gasteiger partial charge is 0.479 e. The Hall–Kier alpha value is -0.650. The summed E-state index contributed by atoms with van der Waals surface area (Å²) in [6, 6.07) is 1.74. The van der Waals surface area contributed by atoms with E-state index < -0.39 is 18.2 Å². The Morgan fingerprint density at radius 1 is 0.955 bits per heavy atom. The lowest BCUT2D eigenvalue weighted by Crippen LogP contribution is -2.40. The van der Waals surface area contributed by atoms with Gasteiger partial charge in [0.1, 0.15) is 0 Å². The lowest BCUT2D eigenvalue weighted by atomic mass is 9.91. The van der Waals surface area contributed by atoms with E-state index in [1.807, 2.05) is 0 Å². The first-order chi connectivity index (χ1) is 10.5. The molecule has 2 aliphatic carbocycles. The van der Waals surface area contributed by atoms with Gasteiger partial charge in [0.15, 0.2) is 6.10 Å². The minimum Gasteiger partial charge on any atom is -0.479 e. The fourth-order valence-corrected chi connectivity index (χ4v) is 3.30. The minimum absolute atomic E-state index is 0.116. The molecular formula is C17H33NO4. The van der Waals surface area contributed by atoms with Gasteiger partial charge in [0.25, 0.3) is 0 Å². The maximum absolute atomic E-state index is 9.87. The first-order valence-electron chi connectivity index (χ1n) is 8.84. The molecule has 0 bridgehead atoms. The van der Waals surface area contributed by atoms with Crippen LogP contribution in [0.3, 0.4) is 0 Å². The van der Waals surface area contributed by atoms with Crippen molar-refractivity contribution in [1.82, 2.24) is 5.32 Å². The molecule has 0 aromatic rings. The van der Waals surface area contributed by atoms with E-state index in [9.17, 15) is 4.79 Å². The van der Waals surface area contributed by atoms with Crippen molar-refractivity contribution in [2.24, 2.45) is 0 Å². The van der Waals surface area contributed by atoms with Crippen molar-refractivity contribution in [2.75, 3.05) is 0 Å². The highest BCUT2D eigenvalue weighted by molar-refractivity contribution is 5.71. The number of hydrogen-bond donors (Lipinski definition) is 4. The summed E-state index contributed by atoms with van der Waals surface area (Å²) in [4.78, 5) is 9.87. The zero-order valence-corrected chi connectivity index (χ0v) is 13.8. The molecule has 2 unspecified atom stereocenters. The van der Waals surface area contributed by atoms with Crippen molar-refractivity contribution in [2.45, 2.75) is 102 Å². The number of nitrogens with one attached hydrogen (secondary N) is 1. The van der Waals surface area contributed by atoms with Crippen LogP contribution >= 0.6 is 0 Å². The molecule has 0 radical (unpaired) electrons. The van der Waals surface area contributed by atoms with Crippen molar-refractivity contribution >= 4 is 5.97 Å². The highest BCUT2D eigenvalue weighted by atomic mass is 16.5. The zero-order valence-electron chi connectivity index (χ0n) is 13.8. The molecule has 2 fully saturated rings. The molecule has 4 N–H and O–H groups in total. The number of carboxylic acid groups (broad SMARTS) is 1. The molecule has 0 aromatic carbocycles. The normalized spacial score (nSPS) is 23.2. The minimum atomic E-state index is -1.44. The molecule has 0 heterocycles. The summed E-state index contributed by atoms with van der Waals surface area (Å²) in [5.74, 6) is -1.30. The predicted octanol–water partition coefficient (Wildman–Crippen LogP) is 2.44. The van der Waals surface area contributed by atoms with Crippen LogP contribution in [0.25, 0.3) is 0 Å². The fourth-order valence-electron chi connectivity index (χ4n) is 3.30. The van der Waals surface area contributed by atoms with Gasteiger partial charge in [-0.3, -0.25) is 0 Å². The molecule has 5 heteroatoms. The van der Waals surface area contributed by atoms with E-state index in [-0.39, 0.29) is 6.42 Å². The molecule has 0 saturated heterocycles. The van der Waals surface area contributed by atoms with E-state index in [1.54, 1.807) is 0 Å². The second-order valence-electron chi connectivity index (χ2n) is 6.78. The van der Waals surface area contributed by atoms with Gasteiger partial charge in [-0.2, -0.15) is 0 Å². The maximum atomic E-state index is 9.87. The van der Waals surface area contributed by atoms with Crippen LogP contribution in [0.15, 0.2) is 0 Å². The van der Waals surface area contributed by atoms with Gasteiger partial charge in [0, 0.05) is 18.5 Å². The van der Waals surface area contributed by atoms with E-state index in [0.29, 0.717) is 0 Å². The highest BCUT2D eigenvalue weighted by Gasteiger charge is 2.19. The predicted molar refractivity (Wildman–Crippen MR) is 86.8 cm³/mol. The van der Waals surface area contributed by atoms with Gasteiger partial charge in [-0.25, -0.2) is 4.79 Å². The van der Waals surface area contributed by atoms with Gasteiger partial charge in [-0.15, -0.1) is 0 Å². The van der Waals surface area contributed by atoms with Gasteiger partial charge < -0.3 is 20.6 Å². The van der Waals surface area contributed by atoms with Gasteiger partial charge in [-0.05, 0) is 32.6 Å². The molecule has 0 aliphatic heterocycles. The maximum Gasteiger partial charge on any atom is 0.332 e. The Labute approximate surface area is 134 Å². The van der Waals surface area contributed by atoms with E-state index >= 15 is 0 Å². The van der Waals surface area contributed by atoms with E-state index in [4.69, 9.17) is 15.3 Å². The first kappa shape index (κ1) is 19.4. The Kier molecular flexibility index (Phi) is 9.68. The number of aliphatic carboxylic acids is 1. The standard InChI is InChI=1S/C12H23N.C5H10O4/c1-3-7-11(8-4-1)13-12-9-5-2-6-10-12;1-3(6)2-4(7)5(8)9/h11-13H,1-10H2;3-4,6-7H,2H2,1H3,(H,8,9)/i;1+1,2+1,4+1. The molecule has 2 atom stereocenters. The van der Waals surface area contributed by atoms with Gasteiger partial charge in [-0.1, -0.05) is 38.5 Å². The number of rotatable bonds is 5. The molecule has 22 heavy (non-hydrogen) atoms. The smallest absolute Gasteiger partial charge is 0.332 e. The number of aliphatic hydroxyl groups excluding tert-OH is 2. The SMILES string of the molecule is C1CCC(NC2CCCCC2)CC1.[13CH3]C(O)[13CH2][13CH](O)C(=O)O. The molecule has 2 rings (SSSR count). The van der Waals surface area contributed by atoms with Crippen LogP contribution in [0.1, 0.15) is 77.6 Å². The van der Waals surface area contributed by atoms with Crippen molar-refractivity contribution in [1.29, 1.82) is 0 Å². The summed E-state index contributed by atoms with van der Waals surface area (Å²) in [6.07, 6.45) is 12.2. The van der Waals surface area contributed by atoms with Crippen LogP contribution in [0.2, 0.25) is 0 Å². The Bertz CT molecular complexity index is 281. The molecule has 2 saturated carbocycles. The summed E-state index contributed by atoms with van der Waals surface area (Å²) in [5.41, 5.74) is 0. The second-order valence-corrected chi connectivity index (χ2v) is 6.78. The van der Waals surface area contributed by atoms with Crippen LogP contribution in [-0.4, -0.2) is 45.6 Å². The monoisotopic (exact) mass is 318 g/mol. The second kappa shape index (κ2) is 11.0. The van der Waals surface area contributed by atoms with E-state index in [2.05, 4.69) is 5.32 Å². The highest BCUT2D eigenvalue weighted by Crippen LogP contribution is 2.22. The van der Waals surface area contributed by atoms with Gasteiger partial charge in [0.05, 0.1) is 6.10 Å². The zero-order chi connectivity index (χ0) is 16.4. The van der Waals surface area contributed by atoms with Crippen LogP contribution in [0.5, 0.6) is 0 Å². The first-order valence-corrected chi connectivity index (χ1v) is 8.84. The van der Waals surface area contributed by atoms with E-state index in [0.717, 1.165) is 12.1 Å². The molecule has 5 nitrogen and oxygen atoms in total. The van der Waals surface area contributed by atoms with Gasteiger partial charge in [0.2, 0.25) is 0 Å². The molecule has 0 aromatic heterocycles. The average Bonchev–Trinajstić information content (AvgIpc) is 2.49. The molecule has 2 aliphatic rings. The molecule has 130 valence electrons. The third-order valence-electron chi connectivity index (χ3n) is 4.53. The van der Waals surface area contributed by atoms with Crippen molar-refractivity contribution in [3.05, 3.63) is 0 Å². The van der Waals surface area contributed by atoms with Crippen LogP contribution in [0, 0.1) is 0 Å². The summed E-state index contributed by atoms with van der Waals surface area (Å²) in [6.45, 7) is 1.42. The lowest BCUT2D eigenvalue weighted by molar-refractivity contribution is -0.148. The van der Waals surface area contributed by atoms with E-state index in [1.165, 1.54) is 71.1 Å². The van der Waals surface area contributed by atoms with Crippen molar-refractivity contribution in [3.63, 3.8) is 0 Å². The lowest BCUT2D eigenvalue weighted by Gasteiger charge is -2.30. The fraction of sp³-hybridized carbons (Fsp3) is 0.941. The molecule has 0 spiro atoms. The Morgan fingerprint density at radius 2 is 1.36 bits per heavy atom. The Balaban J connectivity index is 0.000000239. The number of hydrogen-bond acceptors (Lipinski definition) is 4. The molecular weight excluding hydrogens is 285 g/mol. The number of carbonyl (C=O) groups is 1. The summed E-state index contributed by atoms with van der Waals surface area (Å²) < 4.78 is 0. The quantitative estimate of drug-likeness (QED) is 0.585. The average molecular weight is 318 g/mol. The van der Waals surface area contributed by atoms with Gasteiger partial charge >= 0.3 is 5.97 Å². The topological polar surface area (TPSA) is 89.8 Å². The third kappa shape index (κ3) is 8.71. The van der Waals surface area contributed by atoms with Crippen LogP contribution in [0.4, 0.5) is 0 Å². The summed E-state index contributed by atoms with van der Waals surface area (Å²) in [5, 5.41) is 29.0.